The standard InChI is InChI=1S/C16H26N2O2.ClH/c1-17(2)7-3-4-14-5-6-16(19)15(12-14)13-18-8-10-20-11-9-18;/h5-6,12,19H,3-4,7-11,13H2,1-2H3;1H. The van der Waals surface area contributed by atoms with Gasteiger partial charge in [0.2, 0.25) is 0 Å². The molecule has 0 bridgehead atoms. The first-order valence-corrected chi connectivity index (χ1v) is 7.41. The number of phenolic OH excluding ortho intramolecular Hbond substituents is 1. The third-order valence-corrected chi connectivity index (χ3v) is 3.71. The summed E-state index contributed by atoms with van der Waals surface area (Å²) in [6, 6.07) is 6.02. The molecule has 1 aliphatic heterocycles. The Morgan fingerprint density at radius 1 is 1.24 bits per heavy atom. The molecule has 0 saturated carbocycles. The topological polar surface area (TPSA) is 35.9 Å². The first kappa shape index (κ1) is 18.2. The number of aryl methyl sites for hydroxylation is 1. The Morgan fingerprint density at radius 2 is 1.95 bits per heavy atom. The largest absolute Gasteiger partial charge is 0.508 e. The van der Waals surface area contributed by atoms with Crippen molar-refractivity contribution in [2.75, 3.05) is 46.9 Å². The van der Waals surface area contributed by atoms with Gasteiger partial charge in [0.1, 0.15) is 5.75 Å². The molecule has 1 N–H and O–H groups in total. The number of phenols is 1. The van der Waals surface area contributed by atoms with E-state index in [2.05, 4.69) is 30.0 Å². The number of nitrogens with zero attached hydrogens (tertiary/aromatic N) is 2. The van der Waals surface area contributed by atoms with E-state index in [0.29, 0.717) is 5.75 Å². The molecule has 2 rings (SSSR count). The first-order chi connectivity index (χ1) is 9.65. The van der Waals surface area contributed by atoms with Crippen LogP contribution in [0.1, 0.15) is 17.5 Å². The van der Waals surface area contributed by atoms with Gasteiger partial charge in [-0.25, -0.2) is 0 Å². The number of halogens is 1. The van der Waals surface area contributed by atoms with Gasteiger partial charge in [-0.3, -0.25) is 4.90 Å². The maximum absolute atomic E-state index is 10.0. The zero-order chi connectivity index (χ0) is 14.4. The molecule has 1 aliphatic rings. The molecule has 1 aromatic rings. The molecular formula is C16H27ClN2O2. The fourth-order valence-electron chi connectivity index (χ4n) is 2.52. The van der Waals surface area contributed by atoms with Gasteiger partial charge in [0, 0.05) is 25.2 Å². The highest BCUT2D eigenvalue weighted by atomic mass is 35.5. The van der Waals surface area contributed by atoms with Crippen molar-refractivity contribution in [2.24, 2.45) is 0 Å². The fraction of sp³-hybridized carbons (Fsp3) is 0.625. The number of hydrogen-bond acceptors (Lipinski definition) is 4. The minimum Gasteiger partial charge on any atom is -0.508 e. The van der Waals surface area contributed by atoms with Gasteiger partial charge in [0.05, 0.1) is 13.2 Å². The minimum absolute atomic E-state index is 0. The van der Waals surface area contributed by atoms with Crippen LogP contribution in [0.25, 0.3) is 0 Å². The highest BCUT2D eigenvalue weighted by molar-refractivity contribution is 5.85. The number of hydrogen-bond donors (Lipinski definition) is 1. The number of rotatable bonds is 6. The molecule has 0 atom stereocenters. The van der Waals surface area contributed by atoms with Crippen LogP contribution in [0.5, 0.6) is 5.75 Å². The van der Waals surface area contributed by atoms with E-state index in [4.69, 9.17) is 4.74 Å². The Kier molecular flexibility index (Phi) is 8.04. The Hall–Kier alpha value is -0.810. The third-order valence-electron chi connectivity index (χ3n) is 3.71. The van der Waals surface area contributed by atoms with Gasteiger partial charge < -0.3 is 14.7 Å². The molecular weight excluding hydrogens is 288 g/mol. The lowest BCUT2D eigenvalue weighted by Gasteiger charge is -2.27. The van der Waals surface area contributed by atoms with Crippen LogP contribution in [0.3, 0.4) is 0 Å². The van der Waals surface area contributed by atoms with Crippen LogP contribution in [0.15, 0.2) is 18.2 Å². The summed E-state index contributed by atoms with van der Waals surface area (Å²) in [5, 5.41) is 10.0. The van der Waals surface area contributed by atoms with Gasteiger partial charge >= 0.3 is 0 Å². The Balaban J connectivity index is 0.00000220. The van der Waals surface area contributed by atoms with Crippen molar-refractivity contribution in [1.82, 2.24) is 9.80 Å². The molecule has 0 aliphatic carbocycles. The molecule has 1 heterocycles. The molecule has 1 fully saturated rings. The van der Waals surface area contributed by atoms with Crippen LogP contribution in [0, 0.1) is 0 Å². The van der Waals surface area contributed by atoms with E-state index in [1.807, 2.05) is 12.1 Å². The van der Waals surface area contributed by atoms with Crippen molar-refractivity contribution in [3.8, 4) is 5.75 Å². The molecule has 4 nitrogen and oxygen atoms in total. The maximum atomic E-state index is 10.0. The van der Waals surface area contributed by atoms with Crippen molar-refractivity contribution >= 4 is 12.4 Å². The summed E-state index contributed by atoms with van der Waals surface area (Å²) in [5.41, 5.74) is 2.35. The lowest BCUT2D eigenvalue weighted by molar-refractivity contribution is 0.0339. The van der Waals surface area contributed by atoms with Gasteiger partial charge in [-0.1, -0.05) is 12.1 Å². The average Bonchev–Trinajstić information content (AvgIpc) is 2.43. The number of morpholine rings is 1. The molecule has 5 heteroatoms. The zero-order valence-electron chi connectivity index (χ0n) is 13.0. The molecule has 0 aromatic heterocycles. The highest BCUT2D eigenvalue weighted by Crippen LogP contribution is 2.21. The fourth-order valence-corrected chi connectivity index (χ4v) is 2.52. The Morgan fingerprint density at radius 3 is 2.62 bits per heavy atom. The Bertz CT molecular complexity index is 421. The molecule has 1 saturated heterocycles. The summed E-state index contributed by atoms with van der Waals surface area (Å²) in [6.45, 7) is 5.40. The molecule has 120 valence electrons. The summed E-state index contributed by atoms with van der Waals surface area (Å²) in [4.78, 5) is 4.54. The number of ether oxygens (including phenoxy) is 1. The molecule has 0 amide bonds. The summed E-state index contributed by atoms with van der Waals surface area (Å²) < 4.78 is 5.36. The van der Waals surface area contributed by atoms with Crippen molar-refractivity contribution in [1.29, 1.82) is 0 Å². The van der Waals surface area contributed by atoms with Gasteiger partial charge in [-0.05, 0) is 45.1 Å². The minimum atomic E-state index is 0. The second-order valence-corrected chi connectivity index (χ2v) is 5.76. The van der Waals surface area contributed by atoms with E-state index in [-0.39, 0.29) is 12.4 Å². The van der Waals surface area contributed by atoms with Gasteiger partial charge in [-0.2, -0.15) is 0 Å². The predicted octanol–water partition coefficient (Wildman–Crippen LogP) is 2.14. The summed E-state index contributed by atoms with van der Waals surface area (Å²) in [7, 11) is 4.20. The van der Waals surface area contributed by atoms with Crippen LogP contribution in [0.2, 0.25) is 0 Å². The first-order valence-electron chi connectivity index (χ1n) is 7.41. The van der Waals surface area contributed by atoms with Crippen LogP contribution < -0.4 is 0 Å². The van der Waals surface area contributed by atoms with Crippen molar-refractivity contribution in [3.05, 3.63) is 29.3 Å². The quantitative estimate of drug-likeness (QED) is 0.873. The molecule has 0 radical (unpaired) electrons. The second-order valence-electron chi connectivity index (χ2n) is 5.76. The summed E-state index contributed by atoms with van der Waals surface area (Å²) >= 11 is 0. The molecule has 0 spiro atoms. The van der Waals surface area contributed by atoms with Crippen molar-refractivity contribution in [2.45, 2.75) is 19.4 Å². The van der Waals surface area contributed by atoms with Gasteiger partial charge in [-0.15, -0.1) is 12.4 Å². The Labute approximate surface area is 134 Å². The van der Waals surface area contributed by atoms with Crippen molar-refractivity contribution < 1.29 is 9.84 Å². The van der Waals surface area contributed by atoms with E-state index >= 15 is 0 Å². The SMILES string of the molecule is CN(C)CCCc1ccc(O)c(CN2CCOCC2)c1.Cl. The average molecular weight is 315 g/mol. The normalized spacial score (nSPS) is 16.0. The number of benzene rings is 1. The lowest BCUT2D eigenvalue weighted by atomic mass is 10.0. The lowest BCUT2D eigenvalue weighted by Crippen LogP contribution is -2.35. The van der Waals surface area contributed by atoms with Crippen LogP contribution in [-0.4, -0.2) is 61.8 Å². The smallest absolute Gasteiger partial charge is 0.120 e. The summed E-state index contributed by atoms with van der Waals surface area (Å²) in [6.07, 6.45) is 2.21. The van der Waals surface area contributed by atoms with Crippen LogP contribution in [-0.2, 0) is 17.7 Å². The second kappa shape index (κ2) is 9.26. The number of aromatic hydroxyl groups is 1. The van der Waals surface area contributed by atoms with E-state index in [9.17, 15) is 5.11 Å². The van der Waals surface area contributed by atoms with Crippen LogP contribution in [0.4, 0.5) is 0 Å². The predicted molar refractivity (Wildman–Crippen MR) is 88.3 cm³/mol. The maximum Gasteiger partial charge on any atom is 0.120 e. The van der Waals surface area contributed by atoms with Crippen molar-refractivity contribution in [3.63, 3.8) is 0 Å². The molecule has 21 heavy (non-hydrogen) atoms. The van der Waals surface area contributed by atoms with E-state index in [1.54, 1.807) is 0 Å². The molecule has 0 unspecified atom stereocenters. The van der Waals surface area contributed by atoms with Gasteiger partial charge in [0.25, 0.3) is 0 Å². The molecule has 1 aromatic carbocycles. The highest BCUT2D eigenvalue weighted by Gasteiger charge is 2.13. The third kappa shape index (κ3) is 6.22. The van der Waals surface area contributed by atoms with Crippen LogP contribution >= 0.6 is 12.4 Å². The zero-order valence-corrected chi connectivity index (χ0v) is 13.9. The summed E-state index contributed by atoms with van der Waals surface area (Å²) in [5.74, 6) is 0.410. The van der Waals surface area contributed by atoms with Gasteiger partial charge in [0.15, 0.2) is 0 Å². The van der Waals surface area contributed by atoms with E-state index < -0.39 is 0 Å². The monoisotopic (exact) mass is 314 g/mol. The van der Waals surface area contributed by atoms with E-state index in [1.165, 1.54) is 5.56 Å². The van der Waals surface area contributed by atoms with E-state index in [0.717, 1.165) is 57.8 Å².